The third kappa shape index (κ3) is 4.65. The maximum atomic E-state index is 11.2. The van der Waals surface area contributed by atoms with Gasteiger partial charge in [-0.2, -0.15) is 5.26 Å². The molecule has 0 saturated heterocycles. The number of benzene rings is 1. The van der Waals surface area contributed by atoms with Crippen LogP contribution in [0.4, 0.5) is 5.69 Å². The number of nitrogens with one attached hydrogen (secondary N) is 1. The van der Waals surface area contributed by atoms with E-state index in [4.69, 9.17) is 10.00 Å². The molecule has 1 rings (SSSR count). The molecule has 1 N–H and O–H groups in total. The molecule has 20 heavy (non-hydrogen) atoms. The van der Waals surface area contributed by atoms with Crippen LogP contribution in [0.15, 0.2) is 36.0 Å². The van der Waals surface area contributed by atoms with Crippen molar-refractivity contribution in [3.8, 4) is 11.8 Å². The number of ether oxygens (including phenoxy) is 2. The number of rotatable bonds is 6. The molecule has 0 amide bonds. The highest BCUT2D eigenvalue weighted by Crippen LogP contribution is 2.17. The largest absolute Gasteiger partial charge is 0.491 e. The zero-order valence-corrected chi connectivity index (χ0v) is 11.8. The van der Waals surface area contributed by atoms with Gasteiger partial charge in [-0.15, -0.1) is 0 Å². The van der Waals surface area contributed by atoms with Gasteiger partial charge < -0.3 is 14.8 Å². The van der Waals surface area contributed by atoms with Crippen LogP contribution in [-0.4, -0.2) is 19.2 Å². The highest BCUT2D eigenvalue weighted by atomic mass is 16.5. The molecule has 1 unspecified atom stereocenters. The van der Waals surface area contributed by atoms with Crippen LogP contribution in [0, 0.1) is 11.3 Å². The molecule has 0 saturated carbocycles. The molecule has 1 aromatic carbocycles. The topological polar surface area (TPSA) is 71.3 Å². The molecule has 0 fully saturated rings. The average molecular weight is 274 g/mol. The Bertz CT molecular complexity index is 515. The Kier molecular flexibility index (Phi) is 6.11. The van der Waals surface area contributed by atoms with Crippen molar-refractivity contribution < 1.29 is 14.3 Å². The molecule has 5 heteroatoms. The van der Waals surface area contributed by atoms with Crippen LogP contribution < -0.4 is 10.1 Å². The summed E-state index contributed by atoms with van der Waals surface area (Å²) in [6.45, 7) is 4.06. The lowest BCUT2D eigenvalue weighted by Crippen LogP contribution is -2.09. The summed E-state index contributed by atoms with van der Waals surface area (Å²) in [5, 5.41) is 11.7. The van der Waals surface area contributed by atoms with E-state index in [-0.39, 0.29) is 11.7 Å². The van der Waals surface area contributed by atoms with Crippen molar-refractivity contribution >= 4 is 11.7 Å². The summed E-state index contributed by atoms with van der Waals surface area (Å²) in [6.07, 6.45) is 2.42. The maximum absolute atomic E-state index is 11.2. The van der Waals surface area contributed by atoms with Crippen molar-refractivity contribution in [2.24, 2.45) is 0 Å². The summed E-state index contributed by atoms with van der Waals surface area (Å²) >= 11 is 0. The predicted molar refractivity (Wildman–Crippen MR) is 76.2 cm³/mol. The molecule has 0 aromatic heterocycles. The van der Waals surface area contributed by atoms with Gasteiger partial charge in [-0.05, 0) is 37.6 Å². The van der Waals surface area contributed by atoms with Crippen LogP contribution in [0.3, 0.4) is 0 Å². The van der Waals surface area contributed by atoms with Crippen molar-refractivity contribution in [2.75, 3.05) is 12.4 Å². The number of carbonyl (C=O) groups excluding carboxylic acids is 1. The van der Waals surface area contributed by atoms with Gasteiger partial charge in [0, 0.05) is 11.9 Å². The van der Waals surface area contributed by atoms with Crippen LogP contribution in [0.2, 0.25) is 0 Å². The molecule has 0 radical (unpaired) electrons. The molecule has 0 bridgehead atoms. The lowest BCUT2D eigenvalue weighted by Gasteiger charge is -2.12. The summed E-state index contributed by atoms with van der Waals surface area (Å²) < 4.78 is 10.1. The SMILES string of the molecule is CCC(C)Oc1ccc(N/C=C(\C#N)C(=O)OC)cc1. The van der Waals surface area contributed by atoms with Crippen LogP contribution in [0.1, 0.15) is 20.3 Å². The van der Waals surface area contributed by atoms with Crippen LogP contribution in [0.5, 0.6) is 5.75 Å². The summed E-state index contributed by atoms with van der Waals surface area (Å²) in [5.41, 5.74) is 0.658. The van der Waals surface area contributed by atoms with Gasteiger partial charge in [-0.25, -0.2) is 4.79 Å². The van der Waals surface area contributed by atoms with Gasteiger partial charge >= 0.3 is 5.97 Å². The molecule has 1 aromatic rings. The number of methoxy groups -OCH3 is 1. The van der Waals surface area contributed by atoms with Gasteiger partial charge in [-0.3, -0.25) is 0 Å². The van der Waals surface area contributed by atoms with Crippen molar-refractivity contribution in [3.05, 3.63) is 36.0 Å². The Morgan fingerprint density at radius 3 is 2.60 bits per heavy atom. The number of anilines is 1. The highest BCUT2D eigenvalue weighted by molar-refractivity contribution is 5.92. The first-order valence-corrected chi connectivity index (χ1v) is 6.32. The number of hydrogen-bond acceptors (Lipinski definition) is 5. The zero-order chi connectivity index (χ0) is 15.0. The molecule has 0 aliphatic carbocycles. The van der Waals surface area contributed by atoms with E-state index in [2.05, 4.69) is 17.0 Å². The summed E-state index contributed by atoms with van der Waals surface area (Å²) in [6, 6.07) is 9.03. The van der Waals surface area contributed by atoms with Crippen LogP contribution in [0.25, 0.3) is 0 Å². The fourth-order valence-electron chi connectivity index (χ4n) is 1.35. The second-order valence-corrected chi connectivity index (χ2v) is 4.17. The Labute approximate surface area is 118 Å². The molecule has 0 aliphatic rings. The lowest BCUT2D eigenvalue weighted by molar-refractivity contribution is -0.135. The average Bonchev–Trinajstić information content (AvgIpc) is 2.48. The van der Waals surface area contributed by atoms with E-state index >= 15 is 0 Å². The molecular weight excluding hydrogens is 256 g/mol. The number of carbonyl (C=O) groups is 1. The minimum absolute atomic E-state index is 0.0903. The first-order chi connectivity index (χ1) is 9.60. The first kappa shape index (κ1) is 15.6. The Morgan fingerprint density at radius 2 is 2.10 bits per heavy atom. The van der Waals surface area contributed by atoms with E-state index < -0.39 is 5.97 Å². The molecule has 0 aliphatic heterocycles. The molecule has 0 spiro atoms. The van der Waals surface area contributed by atoms with E-state index in [1.54, 1.807) is 18.2 Å². The second-order valence-electron chi connectivity index (χ2n) is 4.17. The highest BCUT2D eigenvalue weighted by Gasteiger charge is 2.07. The Balaban J connectivity index is 2.68. The van der Waals surface area contributed by atoms with Crippen LogP contribution >= 0.6 is 0 Å². The van der Waals surface area contributed by atoms with E-state index in [9.17, 15) is 4.79 Å². The predicted octanol–water partition coefficient (Wildman–Crippen LogP) is 2.86. The minimum Gasteiger partial charge on any atom is -0.491 e. The Morgan fingerprint density at radius 1 is 1.45 bits per heavy atom. The van der Waals surface area contributed by atoms with E-state index in [0.29, 0.717) is 0 Å². The van der Waals surface area contributed by atoms with Crippen LogP contribution in [-0.2, 0) is 9.53 Å². The van der Waals surface area contributed by atoms with Gasteiger partial charge in [0.05, 0.1) is 13.2 Å². The molecular formula is C15H18N2O3. The van der Waals surface area contributed by atoms with Gasteiger partial charge in [0.1, 0.15) is 11.8 Å². The number of nitrogens with zero attached hydrogens (tertiary/aromatic N) is 1. The van der Waals surface area contributed by atoms with Gasteiger partial charge in [0.25, 0.3) is 0 Å². The third-order valence-electron chi connectivity index (χ3n) is 2.68. The smallest absolute Gasteiger partial charge is 0.350 e. The minimum atomic E-state index is -0.670. The standard InChI is InChI=1S/C15H18N2O3/c1-4-11(2)20-14-7-5-13(6-8-14)17-10-12(9-16)15(18)19-3/h5-8,10-11,17H,4H2,1-3H3/b12-10+. The number of esters is 1. The Hall–Kier alpha value is -2.48. The number of nitriles is 1. The number of hydrogen-bond donors (Lipinski definition) is 1. The molecule has 5 nitrogen and oxygen atoms in total. The summed E-state index contributed by atoms with van der Waals surface area (Å²) in [5.74, 6) is 0.110. The quantitative estimate of drug-likeness (QED) is 0.490. The fraction of sp³-hybridized carbons (Fsp3) is 0.333. The summed E-state index contributed by atoms with van der Waals surface area (Å²) in [7, 11) is 1.23. The summed E-state index contributed by atoms with van der Waals surface area (Å²) in [4.78, 5) is 11.2. The normalized spacial score (nSPS) is 12.2. The van der Waals surface area contributed by atoms with E-state index in [1.807, 2.05) is 19.1 Å². The van der Waals surface area contributed by atoms with Gasteiger partial charge in [0.15, 0.2) is 5.57 Å². The van der Waals surface area contributed by atoms with E-state index in [1.165, 1.54) is 13.3 Å². The second kappa shape index (κ2) is 7.85. The molecule has 1 atom stereocenters. The molecule has 106 valence electrons. The van der Waals surface area contributed by atoms with Crippen molar-refractivity contribution in [1.82, 2.24) is 0 Å². The van der Waals surface area contributed by atoms with Gasteiger partial charge in [0.2, 0.25) is 0 Å². The maximum Gasteiger partial charge on any atom is 0.350 e. The van der Waals surface area contributed by atoms with Crippen molar-refractivity contribution in [3.63, 3.8) is 0 Å². The van der Waals surface area contributed by atoms with E-state index in [0.717, 1.165) is 17.9 Å². The third-order valence-corrected chi connectivity index (χ3v) is 2.68. The van der Waals surface area contributed by atoms with Crippen molar-refractivity contribution in [2.45, 2.75) is 26.4 Å². The molecule has 0 heterocycles. The zero-order valence-electron chi connectivity index (χ0n) is 11.8. The monoisotopic (exact) mass is 274 g/mol. The fourth-order valence-corrected chi connectivity index (χ4v) is 1.35. The first-order valence-electron chi connectivity index (χ1n) is 6.32. The van der Waals surface area contributed by atoms with Crippen molar-refractivity contribution in [1.29, 1.82) is 5.26 Å². The van der Waals surface area contributed by atoms with Gasteiger partial charge in [-0.1, -0.05) is 6.92 Å². The lowest BCUT2D eigenvalue weighted by atomic mass is 10.2.